The normalized spacial score (nSPS) is 11.7. The van der Waals surface area contributed by atoms with Crippen LogP contribution >= 0.6 is 0 Å². The average Bonchev–Trinajstić information content (AvgIpc) is 2.39. The highest BCUT2D eigenvalue weighted by atomic mass is 15.2. The van der Waals surface area contributed by atoms with E-state index in [9.17, 15) is 0 Å². The molecule has 19 heavy (non-hydrogen) atoms. The van der Waals surface area contributed by atoms with Gasteiger partial charge in [-0.3, -0.25) is 0 Å². The Labute approximate surface area is 115 Å². The highest BCUT2D eigenvalue weighted by Gasteiger charge is 2.10. The minimum atomic E-state index is -0.0165. The number of hydrogen-bond donors (Lipinski definition) is 1. The molecule has 0 aromatic carbocycles. The van der Waals surface area contributed by atoms with Crippen LogP contribution in [0.2, 0.25) is 0 Å². The van der Waals surface area contributed by atoms with Crippen LogP contribution in [0.15, 0.2) is 6.07 Å². The van der Waals surface area contributed by atoms with Gasteiger partial charge in [0.15, 0.2) is 0 Å². The molecule has 5 heteroatoms. The first-order valence-electron chi connectivity index (χ1n) is 6.83. The Morgan fingerprint density at radius 3 is 2.74 bits per heavy atom. The molecule has 0 bridgehead atoms. The molecule has 104 valence electrons. The summed E-state index contributed by atoms with van der Waals surface area (Å²) >= 11 is 0. The van der Waals surface area contributed by atoms with Gasteiger partial charge >= 0.3 is 0 Å². The zero-order valence-electron chi connectivity index (χ0n) is 12.3. The van der Waals surface area contributed by atoms with Gasteiger partial charge in [-0.05, 0) is 20.3 Å². The predicted octanol–water partition coefficient (Wildman–Crippen LogP) is 2.46. The number of nitrogens with one attached hydrogen (secondary N) is 1. The molecule has 0 radical (unpaired) electrons. The summed E-state index contributed by atoms with van der Waals surface area (Å²) in [7, 11) is 1.96. The molecule has 0 amide bonds. The monoisotopic (exact) mass is 261 g/mol. The Morgan fingerprint density at radius 1 is 1.42 bits per heavy atom. The zero-order valence-corrected chi connectivity index (χ0v) is 12.3. The first kappa shape index (κ1) is 15.2. The Balaban J connectivity index is 2.94. The van der Waals surface area contributed by atoms with Gasteiger partial charge in [-0.15, -0.1) is 0 Å². The van der Waals surface area contributed by atoms with Crippen LogP contribution in [0.5, 0.6) is 0 Å². The van der Waals surface area contributed by atoms with E-state index in [1.807, 2.05) is 31.9 Å². The maximum atomic E-state index is 8.89. The van der Waals surface area contributed by atoms with E-state index in [4.69, 9.17) is 5.26 Å². The van der Waals surface area contributed by atoms with Crippen LogP contribution in [0, 0.1) is 17.2 Å². The highest BCUT2D eigenvalue weighted by molar-refractivity contribution is 5.49. The first-order chi connectivity index (χ1) is 9.10. The van der Waals surface area contributed by atoms with Gasteiger partial charge in [0.1, 0.15) is 17.5 Å². The van der Waals surface area contributed by atoms with E-state index in [1.165, 1.54) is 0 Å². The van der Waals surface area contributed by atoms with Gasteiger partial charge in [-0.2, -0.15) is 5.26 Å². The van der Waals surface area contributed by atoms with Crippen molar-refractivity contribution in [1.29, 1.82) is 5.26 Å². The summed E-state index contributed by atoms with van der Waals surface area (Å²) in [5.41, 5.74) is 0. The summed E-state index contributed by atoms with van der Waals surface area (Å²) in [5.74, 6) is 2.56. The standard InChI is InChI=1S/C14H23N5/c1-5-7-12-17-13(16-6-2)8-14(18-12)19(4)10-11(3)9-15/h8,11H,5-7,10H2,1-4H3,(H,16,17,18). The number of nitriles is 1. The summed E-state index contributed by atoms with van der Waals surface area (Å²) in [6, 6.07) is 4.18. The summed E-state index contributed by atoms with van der Waals surface area (Å²) in [4.78, 5) is 11.0. The molecule has 1 rings (SSSR count). The van der Waals surface area contributed by atoms with Crippen LogP contribution in [0.25, 0.3) is 0 Å². The lowest BCUT2D eigenvalue weighted by Crippen LogP contribution is -2.25. The van der Waals surface area contributed by atoms with Crippen molar-refractivity contribution in [3.05, 3.63) is 11.9 Å². The molecule has 1 aromatic rings. The van der Waals surface area contributed by atoms with E-state index in [2.05, 4.69) is 28.3 Å². The third kappa shape index (κ3) is 4.74. The molecule has 1 aromatic heterocycles. The summed E-state index contributed by atoms with van der Waals surface area (Å²) < 4.78 is 0. The molecule has 0 aliphatic rings. The molecule has 0 saturated carbocycles. The first-order valence-corrected chi connectivity index (χ1v) is 6.83. The van der Waals surface area contributed by atoms with Crippen molar-refractivity contribution in [3.8, 4) is 6.07 Å². The molecule has 0 spiro atoms. The third-order valence-electron chi connectivity index (χ3n) is 2.75. The molecule has 0 fully saturated rings. The topological polar surface area (TPSA) is 64.8 Å². The van der Waals surface area contributed by atoms with Crippen LogP contribution in [0.3, 0.4) is 0 Å². The fourth-order valence-electron chi connectivity index (χ4n) is 1.83. The second kappa shape index (κ2) is 7.57. The molecule has 5 nitrogen and oxygen atoms in total. The van der Waals surface area contributed by atoms with Crippen molar-refractivity contribution in [3.63, 3.8) is 0 Å². The molecule has 0 aliphatic heterocycles. The SMILES string of the molecule is CCCc1nc(NCC)cc(N(C)CC(C)C#N)n1. The molecule has 1 unspecified atom stereocenters. The smallest absolute Gasteiger partial charge is 0.134 e. The molecule has 1 heterocycles. The van der Waals surface area contributed by atoms with Gasteiger partial charge in [0.25, 0.3) is 0 Å². The molecule has 1 atom stereocenters. The highest BCUT2D eigenvalue weighted by Crippen LogP contribution is 2.16. The summed E-state index contributed by atoms with van der Waals surface area (Å²) in [6.45, 7) is 7.58. The molecular weight excluding hydrogens is 238 g/mol. The van der Waals surface area contributed by atoms with Crippen LogP contribution in [0.1, 0.15) is 33.0 Å². The lowest BCUT2D eigenvalue weighted by molar-refractivity contribution is 0.705. The Bertz CT molecular complexity index is 414. The van der Waals surface area contributed by atoms with Crippen molar-refractivity contribution in [2.75, 3.05) is 30.4 Å². The lowest BCUT2D eigenvalue weighted by Gasteiger charge is -2.20. The van der Waals surface area contributed by atoms with Gasteiger partial charge < -0.3 is 10.2 Å². The van der Waals surface area contributed by atoms with Crippen molar-refractivity contribution >= 4 is 11.6 Å². The quantitative estimate of drug-likeness (QED) is 0.816. The van der Waals surface area contributed by atoms with Crippen molar-refractivity contribution < 1.29 is 0 Å². The molecular formula is C14H23N5. The third-order valence-corrected chi connectivity index (χ3v) is 2.75. The number of nitrogens with zero attached hydrogens (tertiary/aromatic N) is 4. The van der Waals surface area contributed by atoms with E-state index >= 15 is 0 Å². The second-order valence-corrected chi connectivity index (χ2v) is 4.72. The van der Waals surface area contributed by atoms with Crippen molar-refractivity contribution in [1.82, 2.24) is 9.97 Å². The maximum Gasteiger partial charge on any atom is 0.134 e. The predicted molar refractivity (Wildman–Crippen MR) is 78.2 cm³/mol. The largest absolute Gasteiger partial charge is 0.370 e. The van der Waals surface area contributed by atoms with E-state index in [0.29, 0.717) is 6.54 Å². The van der Waals surface area contributed by atoms with E-state index < -0.39 is 0 Å². The second-order valence-electron chi connectivity index (χ2n) is 4.72. The van der Waals surface area contributed by atoms with Gasteiger partial charge in [0.2, 0.25) is 0 Å². The van der Waals surface area contributed by atoms with Gasteiger partial charge in [-0.1, -0.05) is 6.92 Å². The zero-order chi connectivity index (χ0) is 14.3. The summed E-state index contributed by atoms with van der Waals surface area (Å²) in [5, 5.41) is 12.1. The van der Waals surface area contributed by atoms with Crippen molar-refractivity contribution in [2.24, 2.45) is 5.92 Å². The number of anilines is 2. The minimum absolute atomic E-state index is 0.0165. The molecule has 0 aliphatic carbocycles. The summed E-state index contributed by atoms with van der Waals surface area (Å²) in [6.07, 6.45) is 1.89. The van der Waals surface area contributed by atoms with Gasteiger partial charge in [-0.25, -0.2) is 9.97 Å². The van der Waals surface area contributed by atoms with Gasteiger partial charge in [0, 0.05) is 32.6 Å². The van der Waals surface area contributed by atoms with Crippen LogP contribution < -0.4 is 10.2 Å². The molecule has 0 saturated heterocycles. The van der Waals surface area contributed by atoms with Crippen LogP contribution in [-0.2, 0) is 6.42 Å². The maximum absolute atomic E-state index is 8.89. The number of aromatic nitrogens is 2. The Hall–Kier alpha value is -1.83. The van der Waals surface area contributed by atoms with E-state index in [1.54, 1.807) is 0 Å². The number of aryl methyl sites for hydroxylation is 1. The van der Waals surface area contributed by atoms with Crippen LogP contribution in [-0.4, -0.2) is 30.1 Å². The molecule has 1 N–H and O–H groups in total. The van der Waals surface area contributed by atoms with Crippen LogP contribution in [0.4, 0.5) is 11.6 Å². The Kier molecular flexibility index (Phi) is 6.07. The average molecular weight is 261 g/mol. The van der Waals surface area contributed by atoms with E-state index in [-0.39, 0.29) is 5.92 Å². The number of rotatable bonds is 7. The van der Waals surface area contributed by atoms with Gasteiger partial charge in [0.05, 0.1) is 12.0 Å². The lowest BCUT2D eigenvalue weighted by atomic mass is 10.2. The minimum Gasteiger partial charge on any atom is -0.370 e. The van der Waals surface area contributed by atoms with E-state index in [0.717, 1.165) is 36.8 Å². The fourth-order valence-corrected chi connectivity index (χ4v) is 1.83. The Morgan fingerprint density at radius 2 is 2.16 bits per heavy atom. The fraction of sp³-hybridized carbons (Fsp3) is 0.643. The van der Waals surface area contributed by atoms with Crippen molar-refractivity contribution in [2.45, 2.75) is 33.6 Å². The number of hydrogen-bond acceptors (Lipinski definition) is 5.